The quantitative estimate of drug-likeness (QED) is 0.565. The van der Waals surface area contributed by atoms with Crippen molar-refractivity contribution in [3.63, 3.8) is 0 Å². The zero-order chi connectivity index (χ0) is 12.1. The zero-order valence-corrected chi connectivity index (χ0v) is 8.75. The van der Waals surface area contributed by atoms with Crippen molar-refractivity contribution in [1.82, 2.24) is 0 Å². The van der Waals surface area contributed by atoms with Crippen LogP contribution in [0.4, 0.5) is 0 Å². The Kier molecular flexibility index (Phi) is 4.06. The topological polar surface area (TPSA) is 66.8 Å². The average molecular weight is 220 g/mol. The number of hydrogen-bond donors (Lipinski definition) is 2. The van der Waals surface area contributed by atoms with E-state index in [0.29, 0.717) is 11.1 Å². The minimum absolute atomic E-state index is 0.322. The Morgan fingerprint density at radius 2 is 2.06 bits per heavy atom. The average Bonchev–Trinajstić information content (AvgIpc) is 2.35. The molecule has 2 atom stereocenters. The molecule has 0 heterocycles. The number of ether oxygens (including phenoxy) is 1. The number of terminal acetylenes is 1. The summed E-state index contributed by atoms with van der Waals surface area (Å²) in [6, 6.07) is 6.52. The lowest BCUT2D eigenvalue weighted by molar-refractivity contribution is -0.156. The predicted molar refractivity (Wildman–Crippen MR) is 57.4 cm³/mol. The number of aliphatic hydroxyl groups excluding tert-OH is 2. The Labute approximate surface area is 93.5 Å². The highest BCUT2D eigenvalue weighted by Crippen LogP contribution is 2.21. The molecule has 0 saturated heterocycles. The van der Waals surface area contributed by atoms with E-state index < -0.39 is 18.2 Å². The summed E-state index contributed by atoms with van der Waals surface area (Å²) in [5.74, 6) is 1.46. The van der Waals surface area contributed by atoms with Gasteiger partial charge in [0.25, 0.3) is 0 Å². The summed E-state index contributed by atoms with van der Waals surface area (Å²) in [7, 11) is 1.13. The second kappa shape index (κ2) is 5.31. The Bertz CT molecular complexity index is 419. The third-order valence-electron chi connectivity index (χ3n) is 2.18. The van der Waals surface area contributed by atoms with Crippen molar-refractivity contribution < 1.29 is 19.7 Å². The molecule has 84 valence electrons. The summed E-state index contributed by atoms with van der Waals surface area (Å²) >= 11 is 0. The molecule has 2 unspecified atom stereocenters. The molecular formula is C12H12O4. The summed E-state index contributed by atoms with van der Waals surface area (Å²) in [6.07, 6.45) is 2.21. The molecule has 0 amide bonds. The first kappa shape index (κ1) is 12.2. The van der Waals surface area contributed by atoms with Gasteiger partial charge in [0.05, 0.1) is 7.11 Å². The van der Waals surface area contributed by atoms with Crippen LogP contribution in [0.3, 0.4) is 0 Å². The maximum Gasteiger partial charge on any atom is 0.337 e. The monoisotopic (exact) mass is 220 g/mol. The fourth-order valence-electron chi connectivity index (χ4n) is 1.31. The Morgan fingerprint density at radius 1 is 1.44 bits per heavy atom. The fourth-order valence-corrected chi connectivity index (χ4v) is 1.31. The van der Waals surface area contributed by atoms with Gasteiger partial charge < -0.3 is 14.9 Å². The van der Waals surface area contributed by atoms with E-state index in [1.54, 1.807) is 24.3 Å². The standard InChI is InChI=1S/C12H12O4/c1-3-8-6-4-5-7-9(8)10(13)11(14)12(15)16-2/h1,4-7,10-11,13-14H,2H3. The molecule has 1 aromatic rings. The van der Waals surface area contributed by atoms with Gasteiger partial charge >= 0.3 is 5.97 Å². The number of benzene rings is 1. The molecule has 4 nitrogen and oxygen atoms in total. The van der Waals surface area contributed by atoms with Crippen LogP contribution < -0.4 is 0 Å². The van der Waals surface area contributed by atoms with Crippen molar-refractivity contribution in [1.29, 1.82) is 0 Å². The van der Waals surface area contributed by atoms with E-state index in [1.807, 2.05) is 0 Å². The van der Waals surface area contributed by atoms with Crippen molar-refractivity contribution in [2.75, 3.05) is 7.11 Å². The van der Waals surface area contributed by atoms with Gasteiger partial charge in [0.15, 0.2) is 6.10 Å². The first-order valence-electron chi connectivity index (χ1n) is 4.61. The van der Waals surface area contributed by atoms with Crippen LogP contribution in [-0.2, 0) is 9.53 Å². The van der Waals surface area contributed by atoms with E-state index in [9.17, 15) is 15.0 Å². The van der Waals surface area contributed by atoms with Crippen LogP contribution >= 0.6 is 0 Å². The first-order chi connectivity index (χ1) is 7.61. The predicted octanol–water partition coefficient (Wildman–Crippen LogP) is 0.235. The van der Waals surface area contributed by atoms with Gasteiger partial charge in [-0.05, 0) is 11.6 Å². The molecule has 0 saturated carbocycles. The normalized spacial score (nSPS) is 13.6. The van der Waals surface area contributed by atoms with Crippen molar-refractivity contribution in [3.05, 3.63) is 35.4 Å². The highest BCUT2D eigenvalue weighted by atomic mass is 16.5. The van der Waals surface area contributed by atoms with Crippen molar-refractivity contribution in [3.8, 4) is 12.3 Å². The molecule has 0 aliphatic rings. The van der Waals surface area contributed by atoms with Crippen LogP contribution in [0.25, 0.3) is 0 Å². The molecule has 1 rings (SSSR count). The summed E-state index contributed by atoms with van der Waals surface area (Å²) in [5.41, 5.74) is 0.751. The molecular weight excluding hydrogens is 208 g/mol. The van der Waals surface area contributed by atoms with E-state index in [4.69, 9.17) is 6.42 Å². The maximum atomic E-state index is 11.0. The van der Waals surface area contributed by atoms with Crippen molar-refractivity contribution >= 4 is 5.97 Å². The molecule has 0 aliphatic carbocycles. The number of methoxy groups -OCH3 is 1. The van der Waals surface area contributed by atoms with Crippen LogP contribution in [0.5, 0.6) is 0 Å². The van der Waals surface area contributed by atoms with Gasteiger partial charge in [0.2, 0.25) is 0 Å². The number of esters is 1. The van der Waals surface area contributed by atoms with Crippen LogP contribution in [0.2, 0.25) is 0 Å². The molecule has 2 N–H and O–H groups in total. The Balaban J connectivity index is 3.01. The molecule has 0 fully saturated rings. The summed E-state index contributed by atoms with van der Waals surface area (Å²) in [6.45, 7) is 0. The fraction of sp³-hybridized carbons (Fsp3) is 0.250. The lowest BCUT2D eigenvalue weighted by atomic mass is 9.99. The molecule has 1 aromatic carbocycles. The smallest absolute Gasteiger partial charge is 0.337 e. The maximum absolute atomic E-state index is 11.0. The minimum atomic E-state index is -1.64. The summed E-state index contributed by atoms with van der Waals surface area (Å²) < 4.78 is 4.33. The highest BCUT2D eigenvalue weighted by molar-refractivity contribution is 5.75. The molecule has 0 spiro atoms. The van der Waals surface area contributed by atoms with Crippen LogP contribution in [-0.4, -0.2) is 29.4 Å². The van der Waals surface area contributed by atoms with Gasteiger partial charge in [-0.1, -0.05) is 24.1 Å². The summed E-state index contributed by atoms with van der Waals surface area (Å²) in [4.78, 5) is 11.0. The lowest BCUT2D eigenvalue weighted by Gasteiger charge is -2.17. The molecule has 0 radical (unpaired) electrons. The number of aliphatic hydroxyl groups is 2. The van der Waals surface area contributed by atoms with E-state index in [0.717, 1.165) is 7.11 Å². The number of hydrogen-bond acceptors (Lipinski definition) is 4. The van der Waals surface area contributed by atoms with Crippen molar-refractivity contribution in [2.24, 2.45) is 0 Å². The second-order valence-electron chi connectivity index (χ2n) is 3.14. The molecule has 4 heteroatoms. The van der Waals surface area contributed by atoms with Gasteiger partial charge in [0, 0.05) is 5.56 Å². The van der Waals surface area contributed by atoms with E-state index in [-0.39, 0.29) is 0 Å². The third-order valence-corrected chi connectivity index (χ3v) is 2.18. The number of carbonyl (C=O) groups is 1. The SMILES string of the molecule is C#Cc1ccccc1C(O)C(O)C(=O)OC. The number of carbonyl (C=O) groups excluding carboxylic acids is 1. The van der Waals surface area contributed by atoms with Crippen LogP contribution in [0.1, 0.15) is 17.2 Å². The number of rotatable bonds is 3. The molecule has 0 aromatic heterocycles. The second-order valence-corrected chi connectivity index (χ2v) is 3.14. The summed E-state index contributed by atoms with van der Waals surface area (Å²) in [5, 5.41) is 19.2. The highest BCUT2D eigenvalue weighted by Gasteiger charge is 2.27. The van der Waals surface area contributed by atoms with E-state index in [2.05, 4.69) is 10.7 Å². The van der Waals surface area contributed by atoms with Gasteiger partial charge in [-0.2, -0.15) is 0 Å². The molecule has 0 bridgehead atoms. The van der Waals surface area contributed by atoms with Crippen LogP contribution in [0, 0.1) is 12.3 Å². The van der Waals surface area contributed by atoms with Gasteiger partial charge in [0.1, 0.15) is 6.10 Å². The molecule has 16 heavy (non-hydrogen) atoms. The minimum Gasteiger partial charge on any atom is -0.467 e. The van der Waals surface area contributed by atoms with Crippen LogP contribution in [0.15, 0.2) is 24.3 Å². The molecule has 0 aliphatic heterocycles. The van der Waals surface area contributed by atoms with E-state index in [1.165, 1.54) is 0 Å². The van der Waals surface area contributed by atoms with Gasteiger partial charge in [-0.25, -0.2) is 4.79 Å². The third kappa shape index (κ3) is 2.40. The first-order valence-corrected chi connectivity index (χ1v) is 4.61. The zero-order valence-electron chi connectivity index (χ0n) is 8.75. The lowest BCUT2D eigenvalue weighted by Crippen LogP contribution is -2.29. The largest absolute Gasteiger partial charge is 0.467 e. The Morgan fingerprint density at radius 3 is 2.62 bits per heavy atom. The Hall–Kier alpha value is -1.83. The van der Waals surface area contributed by atoms with Gasteiger partial charge in [-0.3, -0.25) is 0 Å². The van der Waals surface area contributed by atoms with Crippen molar-refractivity contribution in [2.45, 2.75) is 12.2 Å². The van der Waals surface area contributed by atoms with Gasteiger partial charge in [-0.15, -0.1) is 6.42 Å². The van der Waals surface area contributed by atoms with E-state index >= 15 is 0 Å².